The Morgan fingerprint density at radius 2 is 2.11 bits per heavy atom. The Morgan fingerprint density at radius 3 is 3.00 bits per heavy atom. The quantitative estimate of drug-likeness (QED) is 0.480. The van der Waals surface area contributed by atoms with Gasteiger partial charge >= 0.3 is 0 Å². The summed E-state index contributed by atoms with van der Waals surface area (Å²) in [5.74, 6) is 0. The van der Waals surface area contributed by atoms with Crippen LogP contribution in [0.5, 0.6) is 0 Å². The molecule has 1 nitrogen and oxygen atoms in total. The highest BCUT2D eigenvalue weighted by atomic mass is 14.9. The Labute approximate surface area is 55.5 Å². The van der Waals surface area contributed by atoms with Crippen LogP contribution in [0.25, 0.3) is 0 Å². The van der Waals surface area contributed by atoms with Crippen molar-refractivity contribution in [2.75, 3.05) is 6.54 Å². The molecule has 0 fully saturated rings. The second-order valence-corrected chi connectivity index (χ2v) is 2.64. The van der Waals surface area contributed by atoms with Gasteiger partial charge in [0.2, 0.25) is 0 Å². The molecule has 0 atom stereocenters. The zero-order chi connectivity index (χ0) is 6.10. The zero-order valence-corrected chi connectivity index (χ0v) is 5.48. The first-order chi connectivity index (χ1) is 4.47. The summed E-state index contributed by atoms with van der Waals surface area (Å²) in [5, 5.41) is 3.39. The van der Waals surface area contributed by atoms with Crippen LogP contribution in [0.15, 0.2) is 23.4 Å². The van der Waals surface area contributed by atoms with Gasteiger partial charge in [0.15, 0.2) is 0 Å². The van der Waals surface area contributed by atoms with Crippen molar-refractivity contribution in [3.8, 4) is 0 Å². The van der Waals surface area contributed by atoms with Gasteiger partial charge in [0.05, 0.1) is 0 Å². The van der Waals surface area contributed by atoms with E-state index in [1.54, 1.807) is 5.57 Å². The average Bonchev–Trinajstić information content (AvgIpc) is 2.33. The van der Waals surface area contributed by atoms with Gasteiger partial charge in [-0.05, 0) is 18.4 Å². The number of nitrogens with one attached hydrogen (secondary N) is 1. The minimum Gasteiger partial charge on any atom is -0.388 e. The van der Waals surface area contributed by atoms with Gasteiger partial charge in [-0.3, -0.25) is 0 Å². The first-order valence-electron chi connectivity index (χ1n) is 3.56. The van der Waals surface area contributed by atoms with Gasteiger partial charge in [-0.25, -0.2) is 0 Å². The molecular formula is C8H11N. The molecular weight excluding hydrogens is 110 g/mol. The third-order valence-corrected chi connectivity index (χ3v) is 2.04. The van der Waals surface area contributed by atoms with Crippen LogP contribution in [-0.4, -0.2) is 6.54 Å². The van der Waals surface area contributed by atoms with Crippen LogP contribution in [0.4, 0.5) is 0 Å². The molecule has 0 saturated heterocycles. The van der Waals surface area contributed by atoms with E-state index in [1.165, 1.54) is 25.1 Å². The summed E-state index contributed by atoms with van der Waals surface area (Å²) in [6.45, 7) is 1.17. The van der Waals surface area contributed by atoms with Gasteiger partial charge < -0.3 is 5.32 Å². The monoisotopic (exact) mass is 121 g/mol. The maximum atomic E-state index is 3.39. The number of hydrogen-bond donors (Lipinski definition) is 1. The van der Waals surface area contributed by atoms with E-state index in [2.05, 4.69) is 17.5 Å². The van der Waals surface area contributed by atoms with Crippen molar-refractivity contribution < 1.29 is 0 Å². The van der Waals surface area contributed by atoms with Crippen molar-refractivity contribution in [1.82, 2.24) is 5.32 Å². The molecule has 2 aliphatic rings. The van der Waals surface area contributed by atoms with Gasteiger partial charge in [0.1, 0.15) is 0 Å². The van der Waals surface area contributed by atoms with Crippen molar-refractivity contribution in [2.45, 2.75) is 19.3 Å². The summed E-state index contributed by atoms with van der Waals surface area (Å²) in [5.41, 5.74) is 3.13. The maximum absolute atomic E-state index is 3.39. The van der Waals surface area contributed by atoms with Crippen molar-refractivity contribution in [3.63, 3.8) is 0 Å². The third-order valence-electron chi connectivity index (χ3n) is 2.04. The van der Waals surface area contributed by atoms with E-state index in [-0.39, 0.29) is 0 Å². The van der Waals surface area contributed by atoms with E-state index in [9.17, 15) is 0 Å². The van der Waals surface area contributed by atoms with Gasteiger partial charge in [0, 0.05) is 18.7 Å². The normalized spacial score (nSPS) is 24.0. The highest BCUT2D eigenvalue weighted by Crippen LogP contribution is 2.23. The molecule has 0 saturated carbocycles. The van der Waals surface area contributed by atoms with Gasteiger partial charge in [-0.1, -0.05) is 12.2 Å². The van der Waals surface area contributed by atoms with Crippen LogP contribution < -0.4 is 5.32 Å². The molecule has 0 aromatic carbocycles. The third kappa shape index (κ3) is 0.766. The van der Waals surface area contributed by atoms with Crippen LogP contribution in [0.3, 0.4) is 0 Å². The van der Waals surface area contributed by atoms with Crippen LogP contribution in [0.1, 0.15) is 19.3 Å². The fourth-order valence-corrected chi connectivity index (χ4v) is 1.51. The predicted octanol–water partition coefficient (Wildman–Crippen LogP) is 1.58. The molecule has 0 amide bonds. The molecule has 2 rings (SSSR count). The second-order valence-electron chi connectivity index (χ2n) is 2.64. The van der Waals surface area contributed by atoms with Crippen molar-refractivity contribution in [1.29, 1.82) is 0 Å². The Balaban J connectivity index is 2.21. The summed E-state index contributed by atoms with van der Waals surface area (Å²) >= 11 is 0. The summed E-state index contributed by atoms with van der Waals surface area (Å²) in [4.78, 5) is 0. The SMILES string of the molecule is C1=CCC2=C(C1)CCN2. The zero-order valence-electron chi connectivity index (χ0n) is 5.48. The second kappa shape index (κ2) is 1.90. The minimum absolute atomic E-state index is 1.15. The van der Waals surface area contributed by atoms with Crippen LogP contribution in [0.2, 0.25) is 0 Å². The number of hydrogen-bond acceptors (Lipinski definition) is 1. The fraction of sp³-hybridized carbons (Fsp3) is 0.500. The van der Waals surface area contributed by atoms with Crippen molar-refractivity contribution >= 4 is 0 Å². The van der Waals surface area contributed by atoms with E-state index in [4.69, 9.17) is 0 Å². The number of rotatable bonds is 0. The van der Waals surface area contributed by atoms with Crippen molar-refractivity contribution in [3.05, 3.63) is 23.4 Å². The molecule has 0 bridgehead atoms. The molecule has 0 aromatic rings. The Bertz CT molecular complexity index is 159. The lowest BCUT2D eigenvalue weighted by molar-refractivity contribution is 0.855. The molecule has 1 aliphatic heterocycles. The highest BCUT2D eigenvalue weighted by molar-refractivity contribution is 5.26. The Kier molecular flexibility index (Phi) is 1.08. The van der Waals surface area contributed by atoms with E-state index in [1.807, 2.05) is 0 Å². The predicted molar refractivity (Wildman–Crippen MR) is 38.0 cm³/mol. The highest BCUT2D eigenvalue weighted by Gasteiger charge is 2.12. The van der Waals surface area contributed by atoms with Crippen LogP contribution in [-0.2, 0) is 0 Å². The number of allylic oxidation sites excluding steroid dienone is 2. The molecule has 0 aromatic heterocycles. The summed E-state index contributed by atoms with van der Waals surface area (Å²) in [6, 6.07) is 0. The smallest absolute Gasteiger partial charge is 0.0182 e. The van der Waals surface area contributed by atoms with E-state index in [0.717, 1.165) is 6.42 Å². The van der Waals surface area contributed by atoms with E-state index in [0.29, 0.717) is 0 Å². The topological polar surface area (TPSA) is 12.0 Å². The Hall–Kier alpha value is -0.720. The fourth-order valence-electron chi connectivity index (χ4n) is 1.51. The van der Waals surface area contributed by atoms with Gasteiger partial charge in [-0.2, -0.15) is 0 Å². The van der Waals surface area contributed by atoms with E-state index >= 15 is 0 Å². The lowest BCUT2D eigenvalue weighted by atomic mass is 10.0. The largest absolute Gasteiger partial charge is 0.388 e. The van der Waals surface area contributed by atoms with Crippen molar-refractivity contribution in [2.24, 2.45) is 0 Å². The molecule has 9 heavy (non-hydrogen) atoms. The molecule has 1 aliphatic carbocycles. The van der Waals surface area contributed by atoms with E-state index < -0.39 is 0 Å². The summed E-state index contributed by atoms with van der Waals surface area (Å²) in [7, 11) is 0. The van der Waals surface area contributed by atoms with Crippen LogP contribution in [0, 0.1) is 0 Å². The molecule has 0 spiro atoms. The first-order valence-corrected chi connectivity index (χ1v) is 3.56. The summed E-state index contributed by atoms with van der Waals surface area (Å²) in [6.07, 6.45) is 8.14. The molecule has 0 radical (unpaired) electrons. The summed E-state index contributed by atoms with van der Waals surface area (Å²) < 4.78 is 0. The van der Waals surface area contributed by atoms with Gasteiger partial charge in [0.25, 0.3) is 0 Å². The maximum Gasteiger partial charge on any atom is 0.0182 e. The lowest BCUT2D eigenvalue weighted by Gasteiger charge is -2.06. The molecule has 48 valence electrons. The molecule has 0 unspecified atom stereocenters. The Morgan fingerprint density at radius 1 is 1.22 bits per heavy atom. The molecule has 1 heteroatoms. The van der Waals surface area contributed by atoms with Crippen LogP contribution >= 0.6 is 0 Å². The minimum atomic E-state index is 1.15. The standard InChI is InChI=1S/C8H11N/c1-2-4-8-7(3-1)5-6-9-8/h1-2,9H,3-6H2. The molecule has 1 N–H and O–H groups in total. The average molecular weight is 121 g/mol. The first kappa shape index (κ1) is 5.10. The molecule has 1 heterocycles. The lowest BCUT2D eigenvalue weighted by Crippen LogP contribution is -2.06. The van der Waals surface area contributed by atoms with Gasteiger partial charge in [-0.15, -0.1) is 0 Å².